The van der Waals surface area contributed by atoms with E-state index in [1.54, 1.807) is 19.9 Å². The fraction of sp³-hybridized carbons (Fsp3) is 0.385. The summed E-state index contributed by atoms with van der Waals surface area (Å²) in [5.74, 6) is -1.43. The summed E-state index contributed by atoms with van der Waals surface area (Å²) in [6.45, 7) is 8.60. The third kappa shape index (κ3) is 5.93. The molecule has 0 spiro atoms. The van der Waals surface area contributed by atoms with E-state index >= 15 is 0 Å². The molecule has 0 aliphatic carbocycles. The number of carbonyl (C=O) groups excluding carboxylic acids is 2. The van der Waals surface area contributed by atoms with Gasteiger partial charge in [-0.25, -0.2) is 14.2 Å². The zero-order valence-corrected chi connectivity index (χ0v) is 23.3. The van der Waals surface area contributed by atoms with Crippen LogP contribution in [0.1, 0.15) is 45.6 Å². The molecule has 1 fully saturated rings. The molecule has 0 unspecified atom stereocenters. The molecule has 1 N–H and O–H groups in total. The molecular formula is C26H27Cl2FN4O4S. The lowest BCUT2D eigenvalue weighted by atomic mass is 9.88. The van der Waals surface area contributed by atoms with Crippen molar-refractivity contribution in [3.05, 3.63) is 63.1 Å². The zero-order valence-electron chi connectivity index (χ0n) is 20.9. The van der Waals surface area contributed by atoms with Crippen molar-refractivity contribution in [1.82, 2.24) is 15.0 Å². The summed E-state index contributed by atoms with van der Waals surface area (Å²) in [6.07, 6.45) is 3.58. The second kappa shape index (κ2) is 12.4. The van der Waals surface area contributed by atoms with Crippen LogP contribution in [0, 0.1) is 18.7 Å². The number of aryl methyl sites for hydroxylation is 1. The van der Waals surface area contributed by atoms with Gasteiger partial charge in [0, 0.05) is 31.4 Å². The summed E-state index contributed by atoms with van der Waals surface area (Å²) >= 11 is 13.5. The number of anilines is 1. The predicted molar refractivity (Wildman–Crippen MR) is 146 cm³/mol. The summed E-state index contributed by atoms with van der Waals surface area (Å²) in [5.41, 5.74) is 1.04. The zero-order chi connectivity index (χ0) is 27.4. The number of H-pyrrole nitrogens is 1. The second-order valence-corrected chi connectivity index (χ2v) is 10.5. The summed E-state index contributed by atoms with van der Waals surface area (Å²) < 4.78 is 25.8. The SMILES string of the molecule is C=CCO[C@H]1CN(c2nc(-c3ncccc3F)c(C(=O)OCC)s2)CC[C@H]1CC(=O)c1[nH]c(C)c(Cl)c1Cl. The summed E-state index contributed by atoms with van der Waals surface area (Å²) in [6, 6.07) is 2.74. The van der Waals surface area contributed by atoms with Crippen molar-refractivity contribution in [2.75, 3.05) is 31.2 Å². The van der Waals surface area contributed by atoms with Crippen LogP contribution in [0.2, 0.25) is 10.0 Å². The molecule has 38 heavy (non-hydrogen) atoms. The van der Waals surface area contributed by atoms with Gasteiger partial charge in [0.1, 0.15) is 22.0 Å². The normalized spacial score (nSPS) is 17.4. The van der Waals surface area contributed by atoms with Gasteiger partial charge in [-0.3, -0.25) is 9.78 Å². The number of esters is 1. The number of aromatic amines is 1. The second-order valence-electron chi connectivity index (χ2n) is 8.76. The van der Waals surface area contributed by atoms with Crippen molar-refractivity contribution in [3.63, 3.8) is 0 Å². The van der Waals surface area contributed by atoms with Crippen LogP contribution in [0.3, 0.4) is 0 Å². The molecule has 8 nitrogen and oxygen atoms in total. The van der Waals surface area contributed by atoms with E-state index in [1.807, 2.05) is 4.90 Å². The standard InChI is InChI=1S/C26H27Cl2FN4O4S/c1-4-11-37-18-13-33(10-8-15(18)12-17(34)22-20(28)19(27)14(3)31-22)26-32-23(21-16(29)7-6-9-30-21)24(38-26)25(35)36-5-2/h4,6-7,9,15,18,31H,1,5,8,10-13H2,2-3H3/t15-,18-/m0/s1. The maximum atomic E-state index is 14.6. The van der Waals surface area contributed by atoms with Gasteiger partial charge in [0.2, 0.25) is 0 Å². The van der Waals surface area contributed by atoms with E-state index in [2.05, 4.69) is 21.5 Å². The molecule has 4 rings (SSSR count). The molecule has 1 aliphatic rings. The number of halogens is 3. The van der Waals surface area contributed by atoms with Gasteiger partial charge in [0.15, 0.2) is 16.7 Å². The Morgan fingerprint density at radius 3 is 2.79 bits per heavy atom. The predicted octanol–water partition coefficient (Wildman–Crippen LogP) is 6.13. The minimum Gasteiger partial charge on any atom is -0.462 e. The highest BCUT2D eigenvalue weighted by molar-refractivity contribution is 7.17. The summed E-state index contributed by atoms with van der Waals surface area (Å²) in [7, 11) is 0. The first-order chi connectivity index (χ1) is 18.2. The first-order valence-electron chi connectivity index (χ1n) is 12.1. The Hall–Kier alpha value is -2.79. The molecule has 1 saturated heterocycles. The number of piperidine rings is 1. The molecule has 0 radical (unpaired) electrons. The lowest BCUT2D eigenvalue weighted by Crippen LogP contribution is -2.46. The Kier molecular flexibility index (Phi) is 9.19. The topological polar surface area (TPSA) is 97.4 Å². The highest BCUT2D eigenvalue weighted by Crippen LogP contribution is 2.37. The number of nitrogens with one attached hydrogen (secondary N) is 1. The van der Waals surface area contributed by atoms with Crippen molar-refractivity contribution in [2.24, 2.45) is 5.92 Å². The van der Waals surface area contributed by atoms with Crippen LogP contribution in [0.4, 0.5) is 9.52 Å². The summed E-state index contributed by atoms with van der Waals surface area (Å²) in [5, 5.41) is 1.07. The smallest absolute Gasteiger partial charge is 0.350 e. The van der Waals surface area contributed by atoms with Crippen LogP contribution < -0.4 is 4.90 Å². The molecule has 1 aliphatic heterocycles. The minimum atomic E-state index is -0.590. The number of ketones is 1. The Morgan fingerprint density at radius 1 is 1.34 bits per heavy atom. The number of nitrogens with zero attached hydrogens (tertiary/aromatic N) is 3. The van der Waals surface area contributed by atoms with Crippen LogP contribution in [0.25, 0.3) is 11.4 Å². The fourth-order valence-electron chi connectivity index (χ4n) is 4.36. The lowest BCUT2D eigenvalue weighted by Gasteiger charge is -2.38. The molecule has 3 aromatic heterocycles. The van der Waals surface area contributed by atoms with Gasteiger partial charge in [-0.05, 0) is 38.3 Å². The molecule has 0 saturated carbocycles. The molecule has 3 aromatic rings. The van der Waals surface area contributed by atoms with Gasteiger partial charge >= 0.3 is 5.97 Å². The Balaban J connectivity index is 1.59. The molecule has 202 valence electrons. The maximum absolute atomic E-state index is 14.6. The van der Waals surface area contributed by atoms with Crippen molar-refractivity contribution in [1.29, 1.82) is 0 Å². The number of thiazole rings is 1. The van der Waals surface area contributed by atoms with Crippen molar-refractivity contribution in [3.8, 4) is 11.4 Å². The van der Waals surface area contributed by atoms with E-state index in [9.17, 15) is 14.0 Å². The van der Waals surface area contributed by atoms with Gasteiger partial charge in [-0.2, -0.15) is 0 Å². The van der Waals surface area contributed by atoms with Gasteiger partial charge in [-0.15, -0.1) is 6.58 Å². The number of hydrogen-bond acceptors (Lipinski definition) is 8. The number of hydrogen-bond donors (Lipinski definition) is 1. The van der Waals surface area contributed by atoms with Crippen LogP contribution >= 0.6 is 34.5 Å². The van der Waals surface area contributed by atoms with Crippen LogP contribution in [-0.2, 0) is 9.47 Å². The number of Topliss-reactive ketones (excluding diaryl/α,β-unsaturated/α-hetero) is 1. The monoisotopic (exact) mass is 580 g/mol. The summed E-state index contributed by atoms with van der Waals surface area (Å²) in [4.78, 5) is 39.6. The third-order valence-corrected chi connectivity index (χ3v) is 8.28. The fourth-order valence-corrected chi connectivity index (χ4v) is 5.79. The van der Waals surface area contributed by atoms with Crippen molar-refractivity contribution in [2.45, 2.75) is 32.8 Å². The molecule has 2 atom stereocenters. The van der Waals surface area contributed by atoms with Crippen LogP contribution in [0.5, 0.6) is 0 Å². The van der Waals surface area contributed by atoms with E-state index in [-0.39, 0.29) is 52.1 Å². The van der Waals surface area contributed by atoms with E-state index in [0.29, 0.717) is 47.7 Å². The van der Waals surface area contributed by atoms with Gasteiger partial charge in [-0.1, -0.05) is 40.6 Å². The highest BCUT2D eigenvalue weighted by Gasteiger charge is 2.35. The number of aromatic nitrogens is 3. The lowest BCUT2D eigenvalue weighted by molar-refractivity contribution is 0.0184. The Morgan fingerprint density at radius 2 is 2.13 bits per heavy atom. The average Bonchev–Trinajstić information content (AvgIpc) is 3.46. The number of carbonyl (C=O) groups is 2. The quantitative estimate of drug-likeness (QED) is 0.175. The van der Waals surface area contributed by atoms with Crippen molar-refractivity contribution < 1.29 is 23.5 Å². The number of rotatable bonds is 10. The largest absolute Gasteiger partial charge is 0.462 e. The van der Waals surface area contributed by atoms with E-state index in [4.69, 9.17) is 32.7 Å². The average molecular weight is 581 g/mol. The maximum Gasteiger partial charge on any atom is 0.350 e. The molecular weight excluding hydrogens is 554 g/mol. The Bertz CT molecular complexity index is 1340. The van der Waals surface area contributed by atoms with Crippen LogP contribution in [0.15, 0.2) is 31.0 Å². The van der Waals surface area contributed by atoms with E-state index in [1.165, 1.54) is 18.3 Å². The number of pyridine rings is 1. The van der Waals surface area contributed by atoms with Crippen molar-refractivity contribution >= 4 is 51.4 Å². The Labute approximate surface area is 233 Å². The van der Waals surface area contributed by atoms with Gasteiger partial charge in [0.25, 0.3) is 0 Å². The van der Waals surface area contributed by atoms with E-state index < -0.39 is 11.8 Å². The van der Waals surface area contributed by atoms with Crippen LogP contribution in [-0.4, -0.2) is 59.1 Å². The molecule has 0 bridgehead atoms. The van der Waals surface area contributed by atoms with E-state index in [0.717, 1.165) is 11.3 Å². The molecule has 4 heterocycles. The number of ether oxygens (including phenoxy) is 2. The molecule has 12 heteroatoms. The first kappa shape index (κ1) is 28.2. The molecule has 0 amide bonds. The molecule has 0 aromatic carbocycles. The first-order valence-corrected chi connectivity index (χ1v) is 13.6. The van der Waals surface area contributed by atoms with Gasteiger partial charge in [0.05, 0.1) is 29.4 Å². The minimum absolute atomic E-state index is 0.0187. The third-order valence-electron chi connectivity index (χ3n) is 6.23. The van der Waals surface area contributed by atoms with Gasteiger partial charge < -0.3 is 19.4 Å². The highest BCUT2D eigenvalue weighted by atomic mass is 35.5.